The minimum Gasteiger partial charge on any atom is -0.399 e. The normalized spacial score (nSPS) is 23.1. The first-order valence-electron chi connectivity index (χ1n) is 5.94. The first kappa shape index (κ1) is 12.8. The summed E-state index contributed by atoms with van der Waals surface area (Å²) in [5, 5.41) is 0. The number of rotatable bonds is 2. The lowest BCUT2D eigenvalue weighted by atomic mass is 10.1. The zero-order valence-electron chi connectivity index (χ0n) is 10.5. The molecule has 18 heavy (non-hydrogen) atoms. The smallest absolute Gasteiger partial charge is 0.256 e. The van der Waals surface area contributed by atoms with Gasteiger partial charge in [-0.15, -0.1) is 0 Å². The molecule has 0 saturated carbocycles. The second-order valence-electron chi connectivity index (χ2n) is 4.59. The standard InChI is InChI=1S/C13H17FN2O2/c1-8-12(5-6-18-8)16(2)13(17)10-7-9(15)3-4-11(10)14/h3-4,7-8,12H,5-6,15H2,1-2H3. The van der Waals surface area contributed by atoms with E-state index in [1.54, 1.807) is 7.05 Å². The molecule has 0 bridgehead atoms. The highest BCUT2D eigenvalue weighted by atomic mass is 19.1. The highest BCUT2D eigenvalue weighted by molar-refractivity contribution is 5.95. The van der Waals surface area contributed by atoms with Crippen LogP contribution in [0, 0.1) is 5.82 Å². The molecule has 1 heterocycles. The largest absolute Gasteiger partial charge is 0.399 e. The Bertz CT molecular complexity index is 464. The zero-order chi connectivity index (χ0) is 13.3. The summed E-state index contributed by atoms with van der Waals surface area (Å²) in [5.41, 5.74) is 5.97. The number of hydrogen-bond donors (Lipinski definition) is 1. The minimum absolute atomic E-state index is 0.0107. The molecule has 2 atom stereocenters. The lowest BCUT2D eigenvalue weighted by molar-refractivity contribution is 0.0571. The third-order valence-electron chi connectivity index (χ3n) is 3.37. The Labute approximate surface area is 106 Å². The summed E-state index contributed by atoms with van der Waals surface area (Å²) in [4.78, 5) is 13.8. The Kier molecular flexibility index (Phi) is 3.52. The molecular weight excluding hydrogens is 235 g/mol. The molecule has 2 N–H and O–H groups in total. The molecule has 0 radical (unpaired) electrons. The number of carbonyl (C=O) groups excluding carboxylic acids is 1. The van der Waals surface area contributed by atoms with Crippen molar-refractivity contribution in [1.29, 1.82) is 0 Å². The van der Waals surface area contributed by atoms with E-state index in [0.29, 0.717) is 12.3 Å². The maximum Gasteiger partial charge on any atom is 0.256 e. The van der Waals surface area contributed by atoms with Gasteiger partial charge in [0.2, 0.25) is 0 Å². The van der Waals surface area contributed by atoms with Gasteiger partial charge in [0.1, 0.15) is 5.82 Å². The Morgan fingerprint density at radius 1 is 1.56 bits per heavy atom. The van der Waals surface area contributed by atoms with Gasteiger partial charge in [-0.05, 0) is 31.5 Å². The average molecular weight is 252 g/mol. The van der Waals surface area contributed by atoms with Gasteiger partial charge in [0, 0.05) is 19.3 Å². The van der Waals surface area contributed by atoms with Gasteiger partial charge >= 0.3 is 0 Å². The zero-order valence-corrected chi connectivity index (χ0v) is 10.5. The molecule has 2 unspecified atom stereocenters. The van der Waals surface area contributed by atoms with Gasteiger partial charge in [0.15, 0.2) is 0 Å². The van der Waals surface area contributed by atoms with Crippen LogP contribution >= 0.6 is 0 Å². The number of ether oxygens (including phenoxy) is 1. The van der Waals surface area contributed by atoms with Crippen molar-refractivity contribution < 1.29 is 13.9 Å². The maximum absolute atomic E-state index is 13.6. The molecule has 98 valence electrons. The fraction of sp³-hybridized carbons (Fsp3) is 0.462. The van der Waals surface area contributed by atoms with E-state index >= 15 is 0 Å². The number of carbonyl (C=O) groups is 1. The molecule has 1 aromatic rings. The molecular formula is C13H17FN2O2. The summed E-state index contributed by atoms with van der Waals surface area (Å²) < 4.78 is 19.0. The molecule has 0 aliphatic carbocycles. The van der Waals surface area contributed by atoms with E-state index in [2.05, 4.69) is 0 Å². The van der Waals surface area contributed by atoms with Crippen molar-refractivity contribution in [1.82, 2.24) is 4.90 Å². The molecule has 1 aromatic carbocycles. The van der Waals surface area contributed by atoms with E-state index in [4.69, 9.17) is 10.5 Å². The Hall–Kier alpha value is -1.62. The summed E-state index contributed by atoms with van der Waals surface area (Å²) in [6.45, 7) is 2.54. The minimum atomic E-state index is -0.549. The van der Waals surface area contributed by atoms with Crippen molar-refractivity contribution in [3.05, 3.63) is 29.6 Å². The quantitative estimate of drug-likeness (QED) is 0.814. The van der Waals surface area contributed by atoms with Gasteiger partial charge in [0.25, 0.3) is 5.91 Å². The molecule has 4 nitrogen and oxygen atoms in total. The number of anilines is 1. The van der Waals surface area contributed by atoms with Gasteiger partial charge in [-0.1, -0.05) is 0 Å². The summed E-state index contributed by atoms with van der Waals surface area (Å²) in [6, 6.07) is 4.01. The summed E-state index contributed by atoms with van der Waals surface area (Å²) in [7, 11) is 1.67. The Morgan fingerprint density at radius 3 is 2.89 bits per heavy atom. The van der Waals surface area contributed by atoms with Gasteiger partial charge in [-0.2, -0.15) is 0 Å². The number of amides is 1. The Morgan fingerprint density at radius 2 is 2.28 bits per heavy atom. The van der Waals surface area contributed by atoms with Crippen LogP contribution in [-0.2, 0) is 4.74 Å². The maximum atomic E-state index is 13.6. The lowest BCUT2D eigenvalue weighted by Gasteiger charge is -2.27. The molecule has 1 aliphatic rings. The van der Waals surface area contributed by atoms with Crippen LogP contribution in [0.15, 0.2) is 18.2 Å². The predicted octanol–water partition coefficient (Wildman–Crippen LogP) is 1.66. The molecule has 0 spiro atoms. The van der Waals surface area contributed by atoms with Crippen LogP contribution in [0.5, 0.6) is 0 Å². The van der Waals surface area contributed by atoms with Gasteiger partial charge in [-0.25, -0.2) is 4.39 Å². The molecule has 1 saturated heterocycles. The molecule has 5 heteroatoms. The monoisotopic (exact) mass is 252 g/mol. The summed E-state index contributed by atoms with van der Waals surface area (Å²) in [6.07, 6.45) is 0.746. The number of hydrogen-bond acceptors (Lipinski definition) is 3. The van der Waals surface area contributed by atoms with Crippen molar-refractivity contribution in [2.75, 3.05) is 19.4 Å². The van der Waals surface area contributed by atoms with Crippen LogP contribution in [0.3, 0.4) is 0 Å². The molecule has 1 aliphatic heterocycles. The van der Waals surface area contributed by atoms with Crippen molar-refractivity contribution in [2.24, 2.45) is 0 Å². The van der Waals surface area contributed by atoms with Crippen molar-refractivity contribution >= 4 is 11.6 Å². The molecule has 2 rings (SSSR count). The van der Waals surface area contributed by atoms with E-state index in [0.717, 1.165) is 6.42 Å². The highest BCUT2D eigenvalue weighted by Crippen LogP contribution is 2.21. The SMILES string of the molecule is CC1OCCC1N(C)C(=O)c1cc(N)ccc1F. The number of halogens is 1. The second-order valence-corrected chi connectivity index (χ2v) is 4.59. The second kappa shape index (κ2) is 4.94. The third kappa shape index (κ3) is 2.31. The Balaban J connectivity index is 2.22. The van der Waals surface area contributed by atoms with E-state index < -0.39 is 5.82 Å². The van der Waals surface area contributed by atoms with Crippen LogP contribution in [0.2, 0.25) is 0 Å². The number of likely N-dealkylation sites (N-methyl/N-ethyl adjacent to an activating group) is 1. The van der Waals surface area contributed by atoms with Crippen LogP contribution in [0.25, 0.3) is 0 Å². The topological polar surface area (TPSA) is 55.6 Å². The van der Waals surface area contributed by atoms with Crippen LogP contribution in [0.1, 0.15) is 23.7 Å². The van der Waals surface area contributed by atoms with Crippen molar-refractivity contribution in [2.45, 2.75) is 25.5 Å². The van der Waals surface area contributed by atoms with Gasteiger partial charge in [0.05, 0.1) is 17.7 Å². The fourth-order valence-electron chi connectivity index (χ4n) is 2.28. The number of nitrogens with two attached hydrogens (primary N) is 1. The van der Waals surface area contributed by atoms with E-state index in [-0.39, 0.29) is 23.6 Å². The molecule has 1 fully saturated rings. The first-order valence-corrected chi connectivity index (χ1v) is 5.94. The van der Waals surface area contributed by atoms with E-state index in [1.165, 1.54) is 23.1 Å². The number of benzene rings is 1. The molecule has 1 amide bonds. The van der Waals surface area contributed by atoms with Crippen molar-refractivity contribution in [3.63, 3.8) is 0 Å². The molecule has 0 aromatic heterocycles. The average Bonchev–Trinajstić information content (AvgIpc) is 2.77. The van der Waals surface area contributed by atoms with Crippen molar-refractivity contribution in [3.8, 4) is 0 Å². The lowest BCUT2D eigenvalue weighted by Crippen LogP contribution is -2.41. The highest BCUT2D eigenvalue weighted by Gasteiger charge is 2.31. The van der Waals surface area contributed by atoms with E-state index in [1.807, 2.05) is 6.92 Å². The van der Waals surface area contributed by atoms with E-state index in [9.17, 15) is 9.18 Å². The van der Waals surface area contributed by atoms with Gasteiger partial charge in [-0.3, -0.25) is 4.79 Å². The number of nitrogens with zero attached hydrogens (tertiary/aromatic N) is 1. The summed E-state index contributed by atoms with van der Waals surface area (Å²) >= 11 is 0. The first-order chi connectivity index (χ1) is 8.50. The fourth-order valence-corrected chi connectivity index (χ4v) is 2.28. The number of nitrogen functional groups attached to an aromatic ring is 1. The van der Waals surface area contributed by atoms with Crippen LogP contribution in [-0.4, -0.2) is 36.6 Å². The van der Waals surface area contributed by atoms with Crippen LogP contribution < -0.4 is 5.73 Å². The van der Waals surface area contributed by atoms with Gasteiger partial charge < -0.3 is 15.4 Å². The van der Waals surface area contributed by atoms with Crippen LogP contribution in [0.4, 0.5) is 10.1 Å². The third-order valence-corrected chi connectivity index (χ3v) is 3.37. The summed E-state index contributed by atoms with van der Waals surface area (Å²) in [5.74, 6) is -0.908. The predicted molar refractivity (Wildman–Crippen MR) is 66.7 cm³/mol.